The molecule has 0 spiro atoms. The van der Waals surface area contributed by atoms with Crippen molar-refractivity contribution in [1.29, 1.82) is 0 Å². The van der Waals surface area contributed by atoms with Crippen LogP contribution >= 0.6 is 24.8 Å². The molecule has 3 heteroatoms. The van der Waals surface area contributed by atoms with Crippen molar-refractivity contribution in [2.45, 2.75) is 28.5 Å². The summed E-state index contributed by atoms with van der Waals surface area (Å²) >= 11 is -2.81. The minimum atomic E-state index is -2.81. The van der Waals surface area contributed by atoms with E-state index < -0.39 is 19.8 Å². The van der Waals surface area contributed by atoms with Crippen LogP contribution in [0.25, 0.3) is 6.08 Å². The second kappa shape index (κ2) is 9.66. The van der Waals surface area contributed by atoms with E-state index in [0.717, 1.165) is 6.42 Å². The number of halogens is 2. The van der Waals surface area contributed by atoms with Crippen LogP contribution in [0.2, 0.25) is 4.63 Å². The molecule has 0 amide bonds. The van der Waals surface area contributed by atoms with Gasteiger partial charge in [-0.3, -0.25) is 0 Å². The smallest absolute Gasteiger partial charge is 0.147 e. The molecule has 0 aliphatic heterocycles. The molecule has 28 heavy (non-hydrogen) atoms. The van der Waals surface area contributed by atoms with Crippen molar-refractivity contribution >= 4 is 34.6 Å². The monoisotopic (exact) mass is 489 g/mol. The zero-order valence-corrected chi connectivity index (χ0v) is 20.9. The molecule has 0 bridgehead atoms. The van der Waals surface area contributed by atoms with Gasteiger partial charge in [-0.05, 0) is 0 Å². The molecule has 0 saturated carbocycles. The Morgan fingerprint density at radius 1 is 0.964 bits per heavy atom. The first-order chi connectivity index (χ1) is 12.6. The Labute approximate surface area is 186 Å². The van der Waals surface area contributed by atoms with Crippen LogP contribution < -0.4 is 0 Å². The van der Waals surface area contributed by atoms with Crippen LogP contribution in [0.4, 0.5) is 0 Å². The number of allylic oxidation sites excluding steroid dienone is 5. The average Bonchev–Trinajstić information content (AvgIpc) is 3.30. The summed E-state index contributed by atoms with van der Waals surface area (Å²) in [4.78, 5) is 0. The third-order valence-electron chi connectivity index (χ3n) is 5.97. The van der Waals surface area contributed by atoms with Crippen LogP contribution in [0, 0.1) is 5.92 Å². The van der Waals surface area contributed by atoms with E-state index in [0.29, 0.717) is 9.54 Å². The third-order valence-corrected chi connectivity index (χ3v) is 16.9. The summed E-state index contributed by atoms with van der Waals surface area (Å²) in [5.41, 5.74) is 5.87. The molecule has 0 radical (unpaired) electrons. The van der Waals surface area contributed by atoms with E-state index in [9.17, 15) is 0 Å². The van der Waals surface area contributed by atoms with Crippen molar-refractivity contribution in [1.82, 2.24) is 0 Å². The van der Waals surface area contributed by atoms with Crippen LogP contribution in [0.5, 0.6) is 0 Å². The van der Waals surface area contributed by atoms with Crippen LogP contribution in [-0.2, 0) is 19.8 Å². The van der Waals surface area contributed by atoms with Crippen molar-refractivity contribution < 1.29 is 19.8 Å². The van der Waals surface area contributed by atoms with Gasteiger partial charge in [-0.15, -0.1) is 24.8 Å². The van der Waals surface area contributed by atoms with Gasteiger partial charge in [0.1, 0.15) is 0 Å². The Bertz CT molecular complexity index is 965. The van der Waals surface area contributed by atoms with Gasteiger partial charge in [-0.25, -0.2) is 0 Å². The Balaban J connectivity index is 0.00000140. The fourth-order valence-corrected chi connectivity index (χ4v) is 14.4. The normalized spacial score (nSPS) is 19.1. The van der Waals surface area contributed by atoms with Gasteiger partial charge in [-0.1, -0.05) is 0 Å². The first-order valence-corrected chi connectivity index (χ1v) is 16.2. The Kier molecular flexibility index (Phi) is 8.03. The van der Waals surface area contributed by atoms with Crippen molar-refractivity contribution in [3.63, 3.8) is 0 Å². The molecule has 0 fully saturated rings. The summed E-state index contributed by atoms with van der Waals surface area (Å²) in [6, 6.07) is 20.0. The van der Waals surface area contributed by atoms with Gasteiger partial charge in [0.05, 0.1) is 0 Å². The summed E-state index contributed by atoms with van der Waals surface area (Å²) in [5, 5.41) is 0. The second-order valence-corrected chi connectivity index (χ2v) is 18.2. The van der Waals surface area contributed by atoms with Crippen LogP contribution in [-0.4, -0.2) is 3.71 Å². The third kappa shape index (κ3) is 4.43. The van der Waals surface area contributed by atoms with Gasteiger partial charge in [0.2, 0.25) is 0 Å². The molecule has 2 aliphatic carbocycles. The quantitative estimate of drug-likeness (QED) is 0.415. The fourth-order valence-electron chi connectivity index (χ4n) is 4.37. The predicted molar refractivity (Wildman–Crippen MR) is 126 cm³/mol. The summed E-state index contributed by atoms with van der Waals surface area (Å²) in [7, 11) is 0. The second-order valence-electron chi connectivity index (χ2n) is 8.04. The van der Waals surface area contributed by atoms with Gasteiger partial charge in [0.25, 0.3) is 0 Å². The average molecular weight is 492 g/mol. The van der Waals surface area contributed by atoms with E-state index >= 15 is 0 Å². The molecule has 2 aromatic rings. The molecule has 0 N–H and O–H groups in total. The molecular weight excluding hydrogens is 462 g/mol. The molecule has 2 unspecified atom stereocenters. The SMILES string of the molecule is CC(C)C1=CC[C]([Zr]([CH3])(=[CH]c2ccccc2)[CH]2C=Cc3ccccc32)=C1.Cl.Cl. The van der Waals surface area contributed by atoms with Gasteiger partial charge in [0, 0.05) is 0 Å². The fraction of sp³-hybridized carbons (Fsp3) is 0.240. The van der Waals surface area contributed by atoms with E-state index in [1.165, 1.54) is 22.3 Å². The molecule has 147 valence electrons. The van der Waals surface area contributed by atoms with E-state index in [2.05, 4.69) is 101 Å². The maximum absolute atomic E-state index is 2.81. The number of hydrogen-bond donors (Lipinski definition) is 0. The molecule has 2 aromatic carbocycles. The maximum atomic E-state index is 2.69. The van der Waals surface area contributed by atoms with Crippen molar-refractivity contribution in [3.05, 3.63) is 98.4 Å². The molecule has 0 heterocycles. The molecule has 0 aromatic heterocycles. The standard InChI is InChI=1S/C9H7.C8H11.C7H6.CH3.2ClH.Zr/c1-2-5-9-7-3-6-8(9)4-1;1-7(2)8-5-3-4-6-8;1-7-5-3-2-4-6-7;;;;/h1-7H;5-7H,3H2,1-2H3;1-6H;1H3;2*1H;. The molecule has 2 atom stereocenters. The molecular formula is C25H29Cl2Zr. The Morgan fingerprint density at radius 3 is 2.32 bits per heavy atom. The van der Waals surface area contributed by atoms with Crippen molar-refractivity contribution in [3.8, 4) is 0 Å². The minimum Gasteiger partial charge on any atom is -0.147 e. The molecule has 0 saturated heterocycles. The van der Waals surface area contributed by atoms with Crippen molar-refractivity contribution in [2.75, 3.05) is 0 Å². The summed E-state index contributed by atoms with van der Waals surface area (Å²) in [5.74, 6) is 0.617. The summed E-state index contributed by atoms with van der Waals surface area (Å²) < 4.78 is 7.64. The van der Waals surface area contributed by atoms with E-state index in [1.54, 1.807) is 3.28 Å². The van der Waals surface area contributed by atoms with E-state index in [4.69, 9.17) is 0 Å². The van der Waals surface area contributed by atoms with Crippen LogP contribution in [0.1, 0.15) is 40.6 Å². The van der Waals surface area contributed by atoms with E-state index in [1.807, 2.05) is 0 Å². The van der Waals surface area contributed by atoms with Crippen LogP contribution in [0.3, 0.4) is 0 Å². The van der Waals surface area contributed by atoms with Gasteiger partial charge in [0.15, 0.2) is 0 Å². The minimum absolute atomic E-state index is 0. The number of benzene rings is 2. The zero-order chi connectivity index (χ0) is 18.1. The zero-order valence-electron chi connectivity index (χ0n) is 16.8. The van der Waals surface area contributed by atoms with Gasteiger partial charge in [-0.2, -0.15) is 0 Å². The summed E-state index contributed by atoms with van der Waals surface area (Å²) in [6.07, 6.45) is 11.0. The number of fused-ring (bicyclic) bond motifs is 1. The van der Waals surface area contributed by atoms with E-state index in [-0.39, 0.29) is 24.8 Å². The van der Waals surface area contributed by atoms with Crippen LogP contribution in [0.15, 0.2) is 81.7 Å². The first-order valence-electron chi connectivity index (χ1n) is 9.67. The Morgan fingerprint density at radius 2 is 1.64 bits per heavy atom. The molecule has 2 aliphatic rings. The number of rotatable bonds is 4. The number of hydrogen-bond acceptors (Lipinski definition) is 0. The van der Waals surface area contributed by atoms with Gasteiger partial charge >= 0.3 is 162 Å². The summed E-state index contributed by atoms with van der Waals surface area (Å²) in [6.45, 7) is 4.62. The predicted octanol–water partition coefficient (Wildman–Crippen LogP) is 7.52. The first kappa shape index (κ1) is 23.3. The molecule has 4 rings (SSSR count). The maximum Gasteiger partial charge on any atom is -0.147 e. The Hall–Kier alpha value is -1.01. The molecule has 0 nitrogen and oxygen atoms in total. The van der Waals surface area contributed by atoms with Gasteiger partial charge < -0.3 is 0 Å². The topological polar surface area (TPSA) is 0 Å². The van der Waals surface area contributed by atoms with Crippen molar-refractivity contribution in [2.24, 2.45) is 5.92 Å². The largest absolute Gasteiger partial charge is 0.147 e.